The summed E-state index contributed by atoms with van der Waals surface area (Å²) in [5, 5.41) is 0. The molecule has 0 aromatic carbocycles. The first-order chi connectivity index (χ1) is 5.61. The molecule has 0 saturated heterocycles. The zero-order valence-corrected chi connectivity index (χ0v) is 9.38. The molecular weight excluding hydrogens is 184 g/mol. The number of hydrogen-bond acceptors (Lipinski definition) is 0. The number of halogens is 1. The molecule has 1 rings (SSSR count). The van der Waals surface area contributed by atoms with E-state index in [1.54, 1.807) is 0 Å². The molecule has 1 aliphatic carbocycles. The van der Waals surface area contributed by atoms with E-state index in [-0.39, 0.29) is 0 Å². The van der Waals surface area contributed by atoms with E-state index in [2.05, 4.69) is 49.6 Å². The highest BCUT2D eigenvalue weighted by molar-refractivity contribution is 7.20. The lowest BCUT2D eigenvalue weighted by atomic mass is 10.2. The van der Waals surface area contributed by atoms with Crippen molar-refractivity contribution in [1.29, 1.82) is 0 Å². The summed E-state index contributed by atoms with van der Waals surface area (Å²) in [6.07, 6.45) is 14.0. The van der Waals surface area contributed by atoms with Gasteiger partial charge in [0.1, 0.15) is 0 Å². The van der Waals surface area contributed by atoms with Crippen molar-refractivity contribution in [1.82, 2.24) is 0 Å². The number of allylic oxidation sites excluding steroid dienone is 6. The topological polar surface area (TPSA) is 0 Å². The maximum absolute atomic E-state index is 6.35. The normalized spacial score (nSPS) is 31.8. The molecule has 0 saturated carbocycles. The molecular formula is C10H15ClSi. The molecule has 0 nitrogen and oxygen atoms in total. The van der Waals surface area contributed by atoms with Crippen LogP contribution >= 0.6 is 11.1 Å². The van der Waals surface area contributed by atoms with E-state index >= 15 is 0 Å². The lowest BCUT2D eigenvalue weighted by Gasteiger charge is -2.20. The lowest BCUT2D eigenvalue weighted by molar-refractivity contribution is 1.24. The van der Waals surface area contributed by atoms with Gasteiger partial charge in [-0.2, -0.15) is 11.1 Å². The van der Waals surface area contributed by atoms with Gasteiger partial charge in [-0.1, -0.05) is 49.6 Å². The van der Waals surface area contributed by atoms with E-state index in [0.717, 1.165) is 6.42 Å². The van der Waals surface area contributed by atoms with Crippen LogP contribution in [0.5, 0.6) is 0 Å². The van der Waals surface area contributed by atoms with Crippen molar-refractivity contribution in [2.75, 3.05) is 0 Å². The molecule has 0 aromatic heterocycles. The summed E-state index contributed by atoms with van der Waals surface area (Å²) in [5.41, 5.74) is 0.476. The van der Waals surface area contributed by atoms with Crippen molar-refractivity contribution in [3.05, 3.63) is 36.5 Å². The van der Waals surface area contributed by atoms with Crippen molar-refractivity contribution >= 4 is 18.5 Å². The second-order valence-electron chi connectivity index (χ2n) is 3.57. The van der Waals surface area contributed by atoms with Gasteiger partial charge in [0.2, 0.25) is 0 Å². The minimum absolute atomic E-state index is 0.476. The Hall–Kier alpha value is -0.273. The molecule has 0 radical (unpaired) electrons. The molecule has 0 heterocycles. The molecule has 0 N–H and O–H groups in total. The first-order valence-corrected chi connectivity index (χ1v) is 8.38. The van der Waals surface area contributed by atoms with Gasteiger partial charge in [-0.25, -0.2) is 0 Å². The summed E-state index contributed by atoms with van der Waals surface area (Å²) >= 11 is 6.35. The predicted octanol–water partition coefficient (Wildman–Crippen LogP) is 3.87. The molecule has 1 unspecified atom stereocenters. The minimum atomic E-state index is -1.55. The zero-order chi connectivity index (χ0) is 9.03. The fraction of sp³-hybridized carbons (Fsp3) is 0.400. The Morgan fingerprint density at radius 2 is 1.92 bits per heavy atom. The summed E-state index contributed by atoms with van der Waals surface area (Å²) in [4.78, 5) is 0. The van der Waals surface area contributed by atoms with Crippen LogP contribution in [0.15, 0.2) is 36.5 Å². The van der Waals surface area contributed by atoms with Crippen LogP contribution in [-0.4, -0.2) is 7.38 Å². The second kappa shape index (κ2) is 4.10. The summed E-state index contributed by atoms with van der Waals surface area (Å²) in [7, 11) is -1.55. The highest BCUT2D eigenvalue weighted by Crippen LogP contribution is 2.29. The fourth-order valence-electron chi connectivity index (χ4n) is 1.17. The highest BCUT2D eigenvalue weighted by atomic mass is 35.6. The zero-order valence-electron chi connectivity index (χ0n) is 7.63. The quantitative estimate of drug-likeness (QED) is 0.341. The Kier molecular flexibility index (Phi) is 3.36. The maximum Gasteiger partial charge on any atom is 0.160 e. The van der Waals surface area contributed by atoms with Crippen LogP contribution in [-0.2, 0) is 0 Å². The average molecular weight is 199 g/mol. The molecule has 12 heavy (non-hydrogen) atoms. The molecule has 66 valence electrons. The first kappa shape index (κ1) is 9.81. The summed E-state index contributed by atoms with van der Waals surface area (Å²) in [5.74, 6) is 0. The average Bonchev–Trinajstić information content (AvgIpc) is 1.81. The Morgan fingerprint density at radius 3 is 2.58 bits per heavy atom. The van der Waals surface area contributed by atoms with Gasteiger partial charge in [-0.05, 0) is 6.42 Å². The van der Waals surface area contributed by atoms with E-state index < -0.39 is 7.38 Å². The first-order valence-electron chi connectivity index (χ1n) is 4.29. The van der Waals surface area contributed by atoms with E-state index in [9.17, 15) is 0 Å². The molecule has 0 aromatic rings. The van der Waals surface area contributed by atoms with Crippen LogP contribution in [0.1, 0.15) is 6.42 Å². The van der Waals surface area contributed by atoms with Crippen molar-refractivity contribution in [2.24, 2.45) is 0 Å². The molecule has 0 bridgehead atoms. The van der Waals surface area contributed by atoms with Gasteiger partial charge in [0.05, 0.1) is 0 Å². The van der Waals surface area contributed by atoms with Gasteiger partial charge in [0, 0.05) is 5.54 Å². The van der Waals surface area contributed by atoms with Crippen LogP contribution in [0.3, 0.4) is 0 Å². The monoisotopic (exact) mass is 198 g/mol. The standard InChI is InChI=1S/C10H15ClSi/c1-12(2,11)10-8-6-4-3-5-7-9-10/h3-4,6-10H,5H2,1-2H3/b4-3-,8-6-,9-7-. The van der Waals surface area contributed by atoms with E-state index in [0.29, 0.717) is 5.54 Å². The summed E-state index contributed by atoms with van der Waals surface area (Å²) in [6.45, 7) is 4.36. The van der Waals surface area contributed by atoms with E-state index in [1.807, 2.05) is 0 Å². The van der Waals surface area contributed by atoms with Crippen molar-refractivity contribution in [3.63, 3.8) is 0 Å². The third kappa shape index (κ3) is 3.00. The van der Waals surface area contributed by atoms with Crippen molar-refractivity contribution < 1.29 is 0 Å². The van der Waals surface area contributed by atoms with Crippen LogP contribution in [0.2, 0.25) is 18.6 Å². The third-order valence-corrected chi connectivity index (χ3v) is 4.70. The van der Waals surface area contributed by atoms with Gasteiger partial charge in [0.15, 0.2) is 7.38 Å². The fourth-order valence-corrected chi connectivity index (χ4v) is 2.77. The Bertz CT molecular complexity index is 220. The number of hydrogen-bond donors (Lipinski definition) is 0. The molecule has 0 fully saturated rings. The SMILES string of the molecule is C[Si](C)(Cl)C1/C=C\C=C/C/C=C\1. The van der Waals surface area contributed by atoms with Gasteiger partial charge >= 0.3 is 0 Å². The summed E-state index contributed by atoms with van der Waals surface area (Å²) in [6, 6.07) is 0. The highest BCUT2D eigenvalue weighted by Gasteiger charge is 2.25. The third-order valence-electron chi connectivity index (χ3n) is 1.97. The Labute approximate surface area is 80.3 Å². The molecule has 0 amide bonds. The second-order valence-corrected chi connectivity index (χ2v) is 10.3. The minimum Gasteiger partial charge on any atom is -0.167 e. The lowest BCUT2D eigenvalue weighted by Crippen LogP contribution is -2.22. The maximum atomic E-state index is 6.35. The molecule has 2 heteroatoms. The molecule has 0 spiro atoms. The van der Waals surface area contributed by atoms with Crippen LogP contribution < -0.4 is 0 Å². The largest absolute Gasteiger partial charge is 0.167 e. The van der Waals surface area contributed by atoms with Crippen LogP contribution in [0, 0.1) is 0 Å². The van der Waals surface area contributed by atoms with Gasteiger partial charge in [-0.15, -0.1) is 0 Å². The molecule has 1 atom stereocenters. The van der Waals surface area contributed by atoms with Gasteiger partial charge in [0.25, 0.3) is 0 Å². The van der Waals surface area contributed by atoms with Crippen LogP contribution in [0.4, 0.5) is 0 Å². The molecule has 1 aliphatic rings. The molecule has 0 aliphatic heterocycles. The summed E-state index contributed by atoms with van der Waals surface area (Å²) < 4.78 is 0. The van der Waals surface area contributed by atoms with E-state index in [4.69, 9.17) is 11.1 Å². The smallest absolute Gasteiger partial charge is 0.160 e. The number of rotatable bonds is 1. The van der Waals surface area contributed by atoms with Crippen molar-refractivity contribution in [3.8, 4) is 0 Å². The van der Waals surface area contributed by atoms with Gasteiger partial charge in [-0.3, -0.25) is 0 Å². The van der Waals surface area contributed by atoms with Gasteiger partial charge < -0.3 is 0 Å². The van der Waals surface area contributed by atoms with E-state index in [1.165, 1.54) is 0 Å². The predicted molar refractivity (Wildman–Crippen MR) is 59.1 cm³/mol. The van der Waals surface area contributed by atoms with Crippen molar-refractivity contribution in [2.45, 2.75) is 25.1 Å². The Morgan fingerprint density at radius 1 is 1.17 bits per heavy atom. The Balaban J connectivity index is 2.77. The van der Waals surface area contributed by atoms with Crippen LogP contribution in [0.25, 0.3) is 0 Å².